The largest absolute Gasteiger partial charge is 0.269 e. The molecule has 0 aliphatic carbocycles. The lowest BCUT2D eigenvalue weighted by atomic mass is 9.72. The van der Waals surface area contributed by atoms with Gasteiger partial charge in [0.1, 0.15) is 0 Å². The van der Waals surface area contributed by atoms with Gasteiger partial charge in [0.25, 0.3) is 0 Å². The second kappa shape index (κ2) is 4.61. The standard InChI is InChI=1S/C17H15N/c1-3-7-15(8-4-1)17(11-13-18-14-12-17)16-9-5-2-6-10-16/h1-11,13-14H,12H2. The Morgan fingerprint density at radius 1 is 0.778 bits per heavy atom. The van der Waals surface area contributed by atoms with Gasteiger partial charge in [-0.1, -0.05) is 66.7 Å². The highest BCUT2D eigenvalue weighted by Crippen LogP contribution is 2.37. The second-order valence-corrected chi connectivity index (χ2v) is 4.55. The van der Waals surface area contributed by atoms with Crippen LogP contribution in [-0.4, -0.2) is 6.21 Å². The summed E-state index contributed by atoms with van der Waals surface area (Å²) in [6.07, 6.45) is 7.03. The monoisotopic (exact) mass is 233 g/mol. The fraction of sp³-hybridized carbons (Fsp3) is 0.118. The van der Waals surface area contributed by atoms with Crippen molar-refractivity contribution in [2.45, 2.75) is 11.8 Å². The zero-order valence-electron chi connectivity index (χ0n) is 10.2. The molecule has 0 fully saturated rings. The molecule has 0 saturated heterocycles. The molecule has 1 heteroatoms. The van der Waals surface area contributed by atoms with Crippen LogP contribution >= 0.6 is 0 Å². The molecule has 2 aromatic carbocycles. The van der Waals surface area contributed by atoms with E-state index < -0.39 is 0 Å². The first-order valence-corrected chi connectivity index (χ1v) is 6.22. The van der Waals surface area contributed by atoms with Crippen LogP contribution in [-0.2, 0) is 5.41 Å². The minimum absolute atomic E-state index is 0.0652. The summed E-state index contributed by atoms with van der Waals surface area (Å²) in [5.41, 5.74) is 2.57. The smallest absolute Gasteiger partial charge is 0.0448 e. The van der Waals surface area contributed by atoms with Gasteiger partial charge in [0.15, 0.2) is 0 Å². The lowest BCUT2D eigenvalue weighted by Gasteiger charge is -2.32. The summed E-state index contributed by atoms with van der Waals surface area (Å²) in [6.45, 7) is 0. The van der Waals surface area contributed by atoms with Crippen molar-refractivity contribution in [3.63, 3.8) is 0 Å². The predicted molar refractivity (Wildman–Crippen MR) is 75.9 cm³/mol. The van der Waals surface area contributed by atoms with E-state index in [2.05, 4.69) is 71.7 Å². The number of hydrogen-bond acceptors (Lipinski definition) is 1. The predicted octanol–water partition coefficient (Wildman–Crippen LogP) is 3.96. The summed E-state index contributed by atoms with van der Waals surface area (Å²) < 4.78 is 0. The molecule has 0 bridgehead atoms. The maximum absolute atomic E-state index is 4.22. The van der Waals surface area contributed by atoms with Crippen molar-refractivity contribution in [2.75, 3.05) is 0 Å². The van der Waals surface area contributed by atoms with Crippen LogP contribution in [0.1, 0.15) is 17.5 Å². The van der Waals surface area contributed by atoms with Gasteiger partial charge in [-0.15, -0.1) is 0 Å². The molecule has 0 atom stereocenters. The van der Waals surface area contributed by atoms with Crippen molar-refractivity contribution in [3.05, 3.63) is 84.1 Å². The Hall–Kier alpha value is -2.15. The Morgan fingerprint density at radius 2 is 1.33 bits per heavy atom. The first kappa shape index (κ1) is 11.0. The summed E-state index contributed by atoms with van der Waals surface area (Å²) >= 11 is 0. The lowest BCUT2D eigenvalue weighted by molar-refractivity contribution is 0.671. The van der Waals surface area contributed by atoms with Gasteiger partial charge in [-0.3, -0.25) is 4.99 Å². The summed E-state index contributed by atoms with van der Waals surface area (Å²) in [4.78, 5) is 4.22. The van der Waals surface area contributed by atoms with E-state index in [0.717, 1.165) is 6.42 Å². The van der Waals surface area contributed by atoms with Gasteiger partial charge < -0.3 is 0 Å². The van der Waals surface area contributed by atoms with Crippen LogP contribution in [0, 0.1) is 0 Å². The van der Waals surface area contributed by atoms with Gasteiger partial charge >= 0.3 is 0 Å². The molecule has 0 radical (unpaired) electrons. The highest BCUT2D eigenvalue weighted by Gasteiger charge is 2.31. The van der Waals surface area contributed by atoms with Crippen LogP contribution in [0.25, 0.3) is 0 Å². The van der Waals surface area contributed by atoms with Crippen molar-refractivity contribution in [1.82, 2.24) is 0 Å². The molecule has 0 unspecified atom stereocenters. The third kappa shape index (κ3) is 1.78. The van der Waals surface area contributed by atoms with Gasteiger partial charge in [-0.25, -0.2) is 0 Å². The fourth-order valence-corrected chi connectivity index (χ4v) is 2.56. The number of aliphatic imine (C=N–C) groups is 1. The zero-order valence-corrected chi connectivity index (χ0v) is 10.2. The Bertz CT molecular complexity index is 528. The number of allylic oxidation sites excluding steroid dienone is 1. The maximum atomic E-state index is 4.22. The van der Waals surface area contributed by atoms with E-state index in [9.17, 15) is 0 Å². The Morgan fingerprint density at radius 3 is 1.78 bits per heavy atom. The molecule has 0 amide bonds. The van der Waals surface area contributed by atoms with Crippen molar-refractivity contribution in [1.29, 1.82) is 0 Å². The van der Waals surface area contributed by atoms with Gasteiger partial charge in [-0.2, -0.15) is 0 Å². The number of benzene rings is 2. The molecule has 1 heterocycles. The maximum Gasteiger partial charge on any atom is 0.0448 e. The molecule has 0 aromatic heterocycles. The van der Waals surface area contributed by atoms with E-state index in [1.165, 1.54) is 11.1 Å². The number of hydrogen-bond donors (Lipinski definition) is 0. The lowest BCUT2D eigenvalue weighted by Crippen LogP contribution is -2.27. The average molecular weight is 233 g/mol. The van der Waals surface area contributed by atoms with E-state index in [1.54, 1.807) is 0 Å². The quantitative estimate of drug-likeness (QED) is 0.744. The molecule has 1 aliphatic rings. The third-order valence-corrected chi connectivity index (χ3v) is 3.54. The van der Waals surface area contributed by atoms with Crippen LogP contribution in [0.3, 0.4) is 0 Å². The van der Waals surface area contributed by atoms with Gasteiger partial charge in [0.05, 0.1) is 0 Å². The molecule has 3 rings (SSSR count). The first-order chi connectivity index (χ1) is 8.92. The molecule has 0 spiro atoms. The highest BCUT2D eigenvalue weighted by atomic mass is 14.7. The molecule has 88 valence electrons. The molecule has 18 heavy (non-hydrogen) atoms. The van der Waals surface area contributed by atoms with Crippen LogP contribution in [0.4, 0.5) is 0 Å². The van der Waals surface area contributed by atoms with Crippen LogP contribution < -0.4 is 0 Å². The minimum Gasteiger partial charge on any atom is -0.269 e. The molecule has 0 N–H and O–H groups in total. The van der Waals surface area contributed by atoms with E-state index >= 15 is 0 Å². The fourth-order valence-electron chi connectivity index (χ4n) is 2.56. The van der Waals surface area contributed by atoms with Crippen LogP contribution in [0.15, 0.2) is 77.9 Å². The third-order valence-electron chi connectivity index (χ3n) is 3.54. The van der Waals surface area contributed by atoms with E-state index in [1.807, 2.05) is 12.4 Å². The number of nitrogens with zero attached hydrogens (tertiary/aromatic N) is 1. The van der Waals surface area contributed by atoms with Crippen molar-refractivity contribution < 1.29 is 0 Å². The van der Waals surface area contributed by atoms with E-state index in [-0.39, 0.29) is 5.41 Å². The van der Waals surface area contributed by atoms with E-state index in [4.69, 9.17) is 0 Å². The molecule has 0 saturated carbocycles. The van der Waals surface area contributed by atoms with Gasteiger partial charge in [-0.05, 0) is 11.1 Å². The molecule has 1 aliphatic heterocycles. The molecule has 2 aromatic rings. The van der Waals surface area contributed by atoms with E-state index in [0.29, 0.717) is 0 Å². The highest BCUT2D eigenvalue weighted by molar-refractivity contribution is 5.67. The molecular weight excluding hydrogens is 218 g/mol. The van der Waals surface area contributed by atoms with Crippen LogP contribution in [0.5, 0.6) is 0 Å². The van der Waals surface area contributed by atoms with Crippen molar-refractivity contribution >= 4 is 6.21 Å². The Labute approximate surface area is 108 Å². The molecule has 1 nitrogen and oxygen atoms in total. The van der Waals surface area contributed by atoms with Crippen LogP contribution in [0.2, 0.25) is 0 Å². The summed E-state index contributed by atoms with van der Waals surface area (Å²) in [5, 5.41) is 0. The average Bonchev–Trinajstić information content (AvgIpc) is 2.50. The topological polar surface area (TPSA) is 12.4 Å². The Balaban J connectivity index is 2.17. The summed E-state index contributed by atoms with van der Waals surface area (Å²) in [5.74, 6) is 0. The summed E-state index contributed by atoms with van der Waals surface area (Å²) in [6, 6.07) is 21.3. The van der Waals surface area contributed by atoms with Crippen molar-refractivity contribution in [3.8, 4) is 0 Å². The normalized spacial score (nSPS) is 16.7. The van der Waals surface area contributed by atoms with Gasteiger partial charge in [0.2, 0.25) is 0 Å². The molecular formula is C17H15N. The first-order valence-electron chi connectivity index (χ1n) is 6.22. The Kier molecular flexibility index (Phi) is 2.81. The SMILES string of the molecule is C1=CC(c2ccccc2)(c2ccccc2)CC=N1. The summed E-state index contributed by atoms with van der Waals surface area (Å²) in [7, 11) is 0. The minimum atomic E-state index is -0.0652. The second-order valence-electron chi connectivity index (χ2n) is 4.55. The zero-order chi connectivity index (χ0) is 12.3. The van der Waals surface area contributed by atoms with Crippen molar-refractivity contribution in [2.24, 2.45) is 4.99 Å². The number of rotatable bonds is 2. The van der Waals surface area contributed by atoms with Gasteiger partial charge in [0, 0.05) is 24.3 Å².